The average Bonchev–Trinajstić information content (AvgIpc) is 3.31. The second-order valence-corrected chi connectivity index (χ2v) is 11.8. The summed E-state index contributed by atoms with van der Waals surface area (Å²) in [5.41, 5.74) is 3.26. The van der Waals surface area contributed by atoms with Crippen LogP contribution in [0.15, 0.2) is 54.7 Å². The van der Waals surface area contributed by atoms with Crippen LogP contribution < -0.4 is 5.32 Å². The number of sulfone groups is 1. The van der Waals surface area contributed by atoms with E-state index in [4.69, 9.17) is 0 Å². The maximum atomic E-state index is 13.4. The topological polar surface area (TPSA) is 72.0 Å². The SMILES string of the molecule is CS(=O)(=O)C(Cc1cccc(-c2ccnc(CCCc3cc(F)cc(F)c3)n2)c1)C[C@H]1CCNC1. The standard InChI is InChI=1S/C27H31F2N3O2S/c1-35(33,34)25(16-21-8-10-30-18-21)15-19-4-2-6-22(12-19)26-9-11-31-27(32-26)7-3-5-20-13-23(28)17-24(29)14-20/h2,4,6,9,11-14,17,21,25,30H,3,5,7-8,10,15-16,18H2,1H3/t21-,25?/m1/s1. The number of nitrogens with one attached hydrogen (secondary N) is 1. The van der Waals surface area contributed by atoms with Crippen molar-refractivity contribution >= 4 is 9.84 Å². The van der Waals surface area contributed by atoms with Crippen molar-refractivity contribution in [1.82, 2.24) is 15.3 Å². The van der Waals surface area contributed by atoms with Gasteiger partial charge in [-0.25, -0.2) is 27.2 Å². The molecule has 3 aromatic rings. The Morgan fingerprint density at radius 2 is 1.86 bits per heavy atom. The van der Waals surface area contributed by atoms with E-state index in [9.17, 15) is 17.2 Å². The zero-order valence-corrected chi connectivity index (χ0v) is 20.7. The fourth-order valence-electron chi connectivity index (χ4n) is 4.70. The van der Waals surface area contributed by atoms with Crippen molar-refractivity contribution in [2.75, 3.05) is 19.3 Å². The van der Waals surface area contributed by atoms with E-state index in [1.54, 1.807) is 6.20 Å². The van der Waals surface area contributed by atoms with Crippen LogP contribution in [0, 0.1) is 17.6 Å². The first-order valence-corrected chi connectivity index (χ1v) is 14.0. The predicted octanol–water partition coefficient (Wildman–Crippen LogP) is 4.55. The summed E-state index contributed by atoms with van der Waals surface area (Å²) in [7, 11) is -3.17. The van der Waals surface area contributed by atoms with Gasteiger partial charge < -0.3 is 5.32 Å². The summed E-state index contributed by atoms with van der Waals surface area (Å²) in [4.78, 5) is 9.02. The maximum Gasteiger partial charge on any atom is 0.150 e. The lowest BCUT2D eigenvalue weighted by atomic mass is 9.97. The number of hydrogen-bond donors (Lipinski definition) is 1. The van der Waals surface area contributed by atoms with Crippen LogP contribution in [0.4, 0.5) is 8.78 Å². The Hall–Kier alpha value is -2.71. The van der Waals surface area contributed by atoms with Gasteiger partial charge in [0.05, 0.1) is 10.9 Å². The lowest BCUT2D eigenvalue weighted by Gasteiger charge is -2.19. The third-order valence-corrected chi connectivity index (χ3v) is 8.11. The van der Waals surface area contributed by atoms with Gasteiger partial charge in [-0.15, -0.1) is 0 Å². The van der Waals surface area contributed by atoms with E-state index in [-0.39, 0.29) is 0 Å². The summed E-state index contributed by atoms with van der Waals surface area (Å²) in [5, 5.41) is 2.91. The highest BCUT2D eigenvalue weighted by atomic mass is 32.2. The zero-order chi connectivity index (χ0) is 24.8. The van der Waals surface area contributed by atoms with Crippen LogP contribution in [-0.4, -0.2) is 43.0 Å². The van der Waals surface area contributed by atoms with E-state index in [0.717, 1.165) is 42.4 Å². The van der Waals surface area contributed by atoms with Crippen LogP contribution in [0.25, 0.3) is 11.3 Å². The molecule has 35 heavy (non-hydrogen) atoms. The van der Waals surface area contributed by atoms with Crippen LogP contribution in [0.5, 0.6) is 0 Å². The summed E-state index contributed by atoms with van der Waals surface area (Å²) >= 11 is 0. The van der Waals surface area contributed by atoms with Crippen molar-refractivity contribution < 1.29 is 17.2 Å². The van der Waals surface area contributed by atoms with Crippen LogP contribution in [0.1, 0.15) is 36.2 Å². The van der Waals surface area contributed by atoms with Gasteiger partial charge >= 0.3 is 0 Å². The van der Waals surface area contributed by atoms with E-state index in [1.165, 1.54) is 18.4 Å². The molecule has 0 aliphatic carbocycles. The highest BCUT2D eigenvalue weighted by molar-refractivity contribution is 7.91. The first kappa shape index (κ1) is 25.4. The highest BCUT2D eigenvalue weighted by Gasteiger charge is 2.27. The Bertz CT molecular complexity index is 1240. The number of hydrogen-bond acceptors (Lipinski definition) is 5. The van der Waals surface area contributed by atoms with E-state index in [1.807, 2.05) is 30.3 Å². The van der Waals surface area contributed by atoms with Gasteiger partial charge in [0.1, 0.15) is 17.5 Å². The fraction of sp³-hybridized carbons (Fsp3) is 0.407. The molecular weight excluding hydrogens is 468 g/mol. The van der Waals surface area contributed by atoms with Crippen LogP contribution in [0.2, 0.25) is 0 Å². The molecule has 8 heteroatoms. The van der Waals surface area contributed by atoms with E-state index in [2.05, 4.69) is 15.3 Å². The molecule has 0 saturated carbocycles. The fourth-order valence-corrected chi connectivity index (χ4v) is 5.82. The first-order chi connectivity index (χ1) is 16.8. The maximum absolute atomic E-state index is 13.4. The Kier molecular flexibility index (Phi) is 8.23. The van der Waals surface area contributed by atoms with Gasteiger partial charge in [-0.2, -0.15) is 0 Å². The smallest absolute Gasteiger partial charge is 0.150 e. The molecule has 186 valence electrons. The van der Waals surface area contributed by atoms with Gasteiger partial charge in [-0.3, -0.25) is 0 Å². The third kappa shape index (κ3) is 7.39. The van der Waals surface area contributed by atoms with Gasteiger partial charge in [0.15, 0.2) is 9.84 Å². The van der Waals surface area contributed by atoms with Gasteiger partial charge in [0.25, 0.3) is 0 Å². The van der Waals surface area contributed by atoms with Crippen LogP contribution in [-0.2, 0) is 29.1 Å². The van der Waals surface area contributed by atoms with Gasteiger partial charge in [-0.05, 0) is 86.5 Å². The molecule has 0 amide bonds. The molecular formula is C27H31F2N3O2S. The molecule has 1 aliphatic heterocycles. The first-order valence-electron chi connectivity index (χ1n) is 12.0. The molecule has 1 aliphatic rings. The Labute approximate surface area is 205 Å². The summed E-state index contributed by atoms with van der Waals surface area (Å²) in [5.74, 6) is -0.0916. The normalized spacial score (nSPS) is 16.9. The van der Waals surface area contributed by atoms with Crippen molar-refractivity contribution in [3.63, 3.8) is 0 Å². The minimum absolute atomic E-state index is 0.395. The molecule has 1 N–H and O–H groups in total. The second kappa shape index (κ2) is 11.4. The minimum Gasteiger partial charge on any atom is -0.316 e. The van der Waals surface area contributed by atoms with Crippen molar-refractivity contribution in [2.24, 2.45) is 5.92 Å². The largest absolute Gasteiger partial charge is 0.316 e. The van der Waals surface area contributed by atoms with E-state index < -0.39 is 26.7 Å². The average molecular weight is 500 g/mol. The van der Waals surface area contributed by atoms with Gasteiger partial charge in [0.2, 0.25) is 0 Å². The molecule has 1 aromatic heterocycles. The second-order valence-electron chi connectivity index (χ2n) is 9.44. The molecule has 0 bridgehead atoms. The number of nitrogens with zero attached hydrogens (tertiary/aromatic N) is 2. The predicted molar refractivity (Wildman–Crippen MR) is 134 cm³/mol. The highest BCUT2D eigenvalue weighted by Crippen LogP contribution is 2.24. The summed E-state index contributed by atoms with van der Waals surface area (Å²) < 4.78 is 51.8. The van der Waals surface area contributed by atoms with E-state index >= 15 is 0 Å². The monoisotopic (exact) mass is 499 g/mol. The summed E-state index contributed by atoms with van der Waals surface area (Å²) in [6, 6.07) is 13.3. The lowest BCUT2D eigenvalue weighted by molar-refractivity contribution is 0.495. The quantitative estimate of drug-likeness (QED) is 0.443. The van der Waals surface area contributed by atoms with Crippen molar-refractivity contribution in [2.45, 2.75) is 43.8 Å². The van der Waals surface area contributed by atoms with Crippen LogP contribution >= 0.6 is 0 Å². The van der Waals surface area contributed by atoms with Crippen molar-refractivity contribution in [3.05, 3.63) is 83.3 Å². The number of aromatic nitrogens is 2. The summed E-state index contributed by atoms with van der Waals surface area (Å²) in [6.07, 6.45) is 6.98. The molecule has 0 radical (unpaired) electrons. The number of halogens is 2. The lowest BCUT2D eigenvalue weighted by Crippen LogP contribution is -2.26. The number of rotatable bonds is 10. The molecule has 2 heterocycles. The zero-order valence-electron chi connectivity index (χ0n) is 19.9. The molecule has 2 atom stereocenters. The van der Waals surface area contributed by atoms with Crippen molar-refractivity contribution in [1.29, 1.82) is 0 Å². The molecule has 1 fully saturated rings. The molecule has 5 nitrogen and oxygen atoms in total. The molecule has 2 aromatic carbocycles. The van der Waals surface area contributed by atoms with Gasteiger partial charge in [0, 0.05) is 30.5 Å². The minimum atomic E-state index is -3.17. The van der Waals surface area contributed by atoms with Crippen LogP contribution in [0.3, 0.4) is 0 Å². The summed E-state index contributed by atoms with van der Waals surface area (Å²) in [6.45, 7) is 1.83. The Morgan fingerprint density at radius 1 is 1.06 bits per heavy atom. The molecule has 1 saturated heterocycles. The molecule has 0 spiro atoms. The Balaban J connectivity index is 1.43. The molecule has 1 unspecified atom stereocenters. The van der Waals surface area contributed by atoms with E-state index in [0.29, 0.717) is 49.4 Å². The Morgan fingerprint density at radius 3 is 2.57 bits per heavy atom. The number of benzene rings is 2. The van der Waals surface area contributed by atoms with Crippen molar-refractivity contribution in [3.8, 4) is 11.3 Å². The number of aryl methyl sites for hydroxylation is 2. The third-order valence-electron chi connectivity index (χ3n) is 6.54. The molecule has 4 rings (SSSR count). The van der Waals surface area contributed by atoms with Gasteiger partial charge in [-0.1, -0.05) is 18.2 Å².